The molecule has 0 heterocycles. The van der Waals surface area contributed by atoms with Crippen molar-refractivity contribution in [3.8, 4) is 11.8 Å². The van der Waals surface area contributed by atoms with Gasteiger partial charge in [0.2, 0.25) is 0 Å². The maximum absolute atomic E-state index is 8.89. The summed E-state index contributed by atoms with van der Waals surface area (Å²) in [5, 5.41) is 12.3. The van der Waals surface area contributed by atoms with Gasteiger partial charge in [0, 0.05) is 12.1 Å². The summed E-state index contributed by atoms with van der Waals surface area (Å²) >= 11 is 0. The van der Waals surface area contributed by atoms with Crippen molar-refractivity contribution in [3.63, 3.8) is 0 Å². The van der Waals surface area contributed by atoms with Crippen LogP contribution in [-0.4, -0.2) is 13.7 Å². The second kappa shape index (κ2) is 7.73. The van der Waals surface area contributed by atoms with Gasteiger partial charge in [0.15, 0.2) is 0 Å². The van der Waals surface area contributed by atoms with E-state index in [1.165, 1.54) is 12.8 Å². The van der Waals surface area contributed by atoms with Crippen LogP contribution in [0.5, 0.6) is 5.75 Å². The highest BCUT2D eigenvalue weighted by molar-refractivity contribution is 5.41. The molecule has 0 aromatic heterocycles. The van der Waals surface area contributed by atoms with Crippen molar-refractivity contribution in [2.24, 2.45) is 5.92 Å². The van der Waals surface area contributed by atoms with E-state index in [4.69, 9.17) is 10.00 Å². The maximum atomic E-state index is 8.89. The second-order valence-corrected chi connectivity index (χ2v) is 4.85. The van der Waals surface area contributed by atoms with Crippen LogP contribution in [0.3, 0.4) is 0 Å². The van der Waals surface area contributed by atoms with E-state index in [2.05, 4.69) is 25.2 Å². The number of rotatable bonds is 7. The SMILES string of the molecule is COc1ccc(C#N)cc1CNCCCC(C)C. The Kier molecular flexibility index (Phi) is 6.24. The second-order valence-electron chi connectivity index (χ2n) is 4.85. The van der Waals surface area contributed by atoms with Gasteiger partial charge in [-0.25, -0.2) is 0 Å². The molecule has 1 aromatic rings. The Labute approximate surface area is 110 Å². The Bertz CT molecular complexity index is 407. The molecule has 1 aromatic carbocycles. The molecule has 0 spiro atoms. The van der Waals surface area contributed by atoms with E-state index in [9.17, 15) is 0 Å². The van der Waals surface area contributed by atoms with Crippen molar-refractivity contribution < 1.29 is 4.74 Å². The largest absolute Gasteiger partial charge is 0.496 e. The highest BCUT2D eigenvalue weighted by Crippen LogP contribution is 2.19. The number of ether oxygens (including phenoxy) is 1. The Morgan fingerprint density at radius 3 is 2.78 bits per heavy atom. The lowest BCUT2D eigenvalue weighted by Crippen LogP contribution is -2.15. The van der Waals surface area contributed by atoms with Gasteiger partial charge in [-0.05, 0) is 43.5 Å². The van der Waals surface area contributed by atoms with Gasteiger partial charge in [-0.15, -0.1) is 0 Å². The predicted molar refractivity (Wildman–Crippen MR) is 73.5 cm³/mol. The lowest BCUT2D eigenvalue weighted by Gasteiger charge is -2.10. The molecule has 0 atom stereocenters. The fourth-order valence-electron chi connectivity index (χ4n) is 1.84. The molecule has 0 amide bonds. The summed E-state index contributed by atoms with van der Waals surface area (Å²) < 4.78 is 5.29. The molecule has 3 nitrogen and oxygen atoms in total. The lowest BCUT2D eigenvalue weighted by molar-refractivity contribution is 0.407. The molecule has 18 heavy (non-hydrogen) atoms. The van der Waals surface area contributed by atoms with E-state index >= 15 is 0 Å². The van der Waals surface area contributed by atoms with Gasteiger partial charge >= 0.3 is 0 Å². The zero-order valence-electron chi connectivity index (χ0n) is 11.5. The van der Waals surface area contributed by atoms with E-state index < -0.39 is 0 Å². The van der Waals surface area contributed by atoms with Gasteiger partial charge < -0.3 is 10.1 Å². The average molecular weight is 246 g/mol. The average Bonchev–Trinajstić information content (AvgIpc) is 2.37. The van der Waals surface area contributed by atoms with Gasteiger partial charge in [-0.2, -0.15) is 5.26 Å². The van der Waals surface area contributed by atoms with E-state index in [1.807, 2.05) is 12.1 Å². The van der Waals surface area contributed by atoms with E-state index in [1.54, 1.807) is 13.2 Å². The first-order valence-corrected chi connectivity index (χ1v) is 6.45. The van der Waals surface area contributed by atoms with Gasteiger partial charge in [0.05, 0.1) is 18.7 Å². The molecular weight excluding hydrogens is 224 g/mol. The van der Waals surface area contributed by atoms with Gasteiger partial charge in [-0.3, -0.25) is 0 Å². The number of benzene rings is 1. The summed E-state index contributed by atoms with van der Waals surface area (Å²) in [7, 11) is 1.66. The molecule has 0 saturated heterocycles. The highest BCUT2D eigenvalue weighted by atomic mass is 16.5. The molecule has 0 aliphatic heterocycles. The Morgan fingerprint density at radius 1 is 1.39 bits per heavy atom. The smallest absolute Gasteiger partial charge is 0.123 e. The number of hydrogen-bond acceptors (Lipinski definition) is 3. The molecule has 0 fully saturated rings. The summed E-state index contributed by atoms with van der Waals surface area (Å²) in [5.74, 6) is 1.59. The molecule has 0 bridgehead atoms. The van der Waals surface area contributed by atoms with Crippen LogP contribution < -0.4 is 10.1 Å². The van der Waals surface area contributed by atoms with Crippen LogP contribution >= 0.6 is 0 Å². The van der Waals surface area contributed by atoms with Crippen molar-refractivity contribution in [2.75, 3.05) is 13.7 Å². The molecular formula is C15H22N2O. The first-order valence-electron chi connectivity index (χ1n) is 6.45. The molecule has 1 N–H and O–H groups in total. The maximum Gasteiger partial charge on any atom is 0.123 e. The van der Waals surface area contributed by atoms with Crippen LogP contribution in [0, 0.1) is 17.2 Å². The monoisotopic (exact) mass is 246 g/mol. The molecule has 98 valence electrons. The minimum absolute atomic E-state index is 0.676. The normalized spacial score (nSPS) is 10.4. The van der Waals surface area contributed by atoms with Crippen molar-refractivity contribution >= 4 is 0 Å². The van der Waals surface area contributed by atoms with Crippen LogP contribution in [0.2, 0.25) is 0 Å². The Morgan fingerprint density at radius 2 is 2.17 bits per heavy atom. The Balaban J connectivity index is 2.48. The standard InChI is InChI=1S/C15H22N2O/c1-12(2)5-4-8-17-11-14-9-13(10-16)6-7-15(14)18-3/h6-7,9,12,17H,4-5,8,11H2,1-3H3. The van der Waals surface area contributed by atoms with Crippen molar-refractivity contribution in [2.45, 2.75) is 33.2 Å². The van der Waals surface area contributed by atoms with E-state index in [0.29, 0.717) is 5.56 Å². The Hall–Kier alpha value is -1.53. The minimum atomic E-state index is 0.676. The van der Waals surface area contributed by atoms with Crippen LogP contribution in [-0.2, 0) is 6.54 Å². The molecule has 0 aliphatic rings. The van der Waals surface area contributed by atoms with E-state index in [0.717, 1.165) is 30.3 Å². The summed E-state index contributed by atoms with van der Waals surface area (Å²) in [5.41, 5.74) is 1.72. The zero-order valence-corrected chi connectivity index (χ0v) is 11.5. The number of nitrogens with one attached hydrogen (secondary N) is 1. The third-order valence-electron chi connectivity index (χ3n) is 2.86. The van der Waals surface area contributed by atoms with E-state index in [-0.39, 0.29) is 0 Å². The predicted octanol–water partition coefficient (Wildman–Crippen LogP) is 3.09. The third kappa shape index (κ3) is 4.77. The topological polar surface area (TPSA) is 45.0 Å². The first-order chi connectivity index (χ1) is 8.67. The minimum Gasteiger partial charge on any atom is -0.496 e. The molecule has 0 aliphatic carbocycles. The quantitative estimate of drug-likeness (QED) is 0.752. The van der Waals surface area contributed by atoms with Crippen LogP contribution in [0.25, 0.3) is 0 Å². The molecule has 0 saturated carbocycles. The van der Waals surface area contributed by atoms with Crippen LogP contribution in [0.1, 0.15) is 37.8 Å². The van der Waals surface area contributed by atoms with Crippen molar-refractivity contribution in [1.82, 2.24) is 5.32 Å². The molecule has 0 radical (unpaired) electrons. The number of nitrogens with zero attached hydrogens (tertiary/aromatic N) is 1. The molecule has 0 unspecified atom stereocenters. The number of nitriles is 1. The summed E-state index contributed by atoms with van der Waals surface area (Å²) in [6.45, 7) is 6.22. The van der Waals surface area contributed by atoms with Gasteiger partial charge in [0.25, 0.3) is 0 Å². The summed E-state index contributed by atoms with van der Waals surface area (Å²) in [6, 6.07) is 7.66. The molecule has 1 rings (SSSR count). The summed E-state index contributed by atoms with van der Waals surface area (Å²) in [6.07, 6.45) is 2.42. The number of methoxy groups -OCH3 is 1. The zero-order chi connectivity index (χ0) is 13.4. The van der Waals surface area contributed by atoms with Crippen molar-refractivity contribution in [1.29, 1.82) is 5.26 Å². The lowest BCUT2D eigenvalue weighted by atomic mass is 10.1. The number of hydrogen-bond donors (Lipinski definition) is 1. The van der Waals surface area contributed by atoms with Crippen LogP contribution in [0.4, 0.5) is 0 Å². The molecule has 3 heteroatoms. The fraction of sp³-hybridized carbons (Fsp3) is 0.533. The first kappa shape index (κ1) is 14.5. The van der Waals surface area contributed by atoms with Gasteiger partial charge in [0.1, 0.15) is 5.75 Å². The van der Waals surface area contributed by atoms with Crippen LogP contribution in [0.15, 0.2) is 18.2 Å². The third-order valence-corrected chi connectivity index (χ3v) is 2.86. The van der Waals surface area contributed by atoms with Gasteiger partial charge in [-0.1, -0.05) is 13.8 Å². The highest BCUT2D eigenvalue weighted by Gasteiger charge is 2.04. The summed E-state index contributed by atoms with van der Waals surface area (Å²) in [4.78, 5) is 0. The van der Waals surface area contributed by atoms with Crippen molar-refractivity contribution in [3.05, 3.63) is 29.3 Å². The fourth-order valence-corrected chi connectivity index (χ4v) is 1.84.